The molecule has 0 aliphatic carbocycles. The predicted octanol–water partition coefficient (Wildman–Crippen LogP) is 5.14. The van der Waals surface area contributed by atoms with Gasteiger partial charge in [-0.05, 0) is 38.5 Å². The molecule has 278 valence electrons. The molecule has 0 bridgehead atoms. The number of rotatable bonds is 27. The maximum atomic E-state index is 14.2. The first kappa shape index (κ1) is 45.4. The average Bonchev–Trinajstić information content (AvgIpc) is 3.04. The van der Waals surface area contributed by atoms with Crippen molar-refractivity contribution < 1.29 is 63.2 Å². The van der Waals surface area contributed by atoms with E-state index in [0.717, 1.165) is 0 Å². The van der Waals surface area contributed by atoms with E-state index < -0.39 is 60.8 Å². The number of aliphatic hydroxyl groups excluding tert-OH is 3. The Morgan fingerprint density at radius 2 is 0.702 bits per heavy atom. The Morgan fingerprint density at radius 1 is 0.489 bits per heavy atom. The first-order valence-electron chi connectivity index (χ1n) is 17.5. The summed E-state index contributed by atoms with van der Waals surface area (Å²) in [5.74, 6) is -5.15. The molecule has 0 saturated carbocycles. The van der Waals surface area contributed by atoms with Gasteiger partial charge < -0.3 is 44.2 Å². The molecular formula is C33H63O13P. The van der Waals surface area contributed by atoms with E-state index in [9.17, 15) is 49.6 Å². The summed E-state index contributed by atoms with van der Waals surface area (Å²) >= 11 is 0. The number of aliphatic hydroxyl groups is 6. The van der Waals surface area contributed by atoms with Crippen LogP contribution < -0.4 is 0 Å². The second-order valence-corrected chi connectivity index (χ2v) is 14.1. The Hall–Kier alpha value is -1.60. The molecule has 6 atom stereocenters. The molecule has 0 aliphatic heterocycles. The molecule has 0 aromatic rings. The monoisotopic (exact) mass is 698 g/mol. The van der Waals surface area contributed by atoms with E-state index in [2.05, 4.69) is 0 Å². The van der Waals surface area contributed by atoms with Crippen LogP contribution >= 0.6 is 7.82 Å². The van der Waals surface area contributed by atoms with E-state index in [-0.39, 0.29) is 57.8 Å². The summed E-state index contributed by atoms with van der Waals surface area (Å²) in [7, 11) is -5.83. The third kappa shape index (κ3) is 13.7. The maximum Gasteiger partial charge on any atom is 0.654 e. The second-order valence-electron chi connectivity index (χ2n) is 12.6. The van der Waals surface area contributed by atoms with Crippen LogP contribution in [-0.4, -0.2) is 83.7 Å². The fourth-order valence-electron chi connectivity index (χ4n) is 5.06. The molecule has 0 radical (unpaired) electrons. The summed E-state index contributed by atoms with van der Waals surface area (Å²) in [6, 6.07) is 0. The summed E-state index contributed by atoms with van der Waals surface area (Å²) in [5, 5.41) is 66.5. The highest BCUT2D eigenvalue weighted by Gasteiger charge is 2.56. The largest absolute Gasteiger partial charge is 0.654 e. The van der Waals surface area contributed by atoms with Gasteiger partial charge in [0.05, 0.1) is 18.3 Å². The summed E-state index contributed by atoms with van der Waals surface area (Å²) in [6.07, 6.45) is -1.10. The van der Waals surface area contributed by atoms with Crippen molar-refractivity contribution in [2.75, 3.05) is 0 Å². The molecule has 0 fully saturated rings. The molecule has 0 aromatic carbocycles. The molecule has 0 aliphatic rings. The van der Waals surface area contributed by atoms with Crippen molar-refractivity contribution >= 4 is 25.7 Å². The zero-order valence-electron chi connectivity index (χ0n) is 29.4. The van der Waals surface area contributed by atoms with Crippen molar-refractivity contribution in [2.45, 2.75) is 192 Å². The van der Waals surface area contributed by atoms with Crippen molar-refractivity contribution in [2.24, 2.45) is 0 Å². The van der Waals surface area contributed by atoms with Gasteiger partial charge in [-0.1, -0.05) is 119 Å². The predicted molar refractivity (Wildman–Crippen MR) is 176 cm³/mol. The lowest BCUT2D eigenvalue weighted by Gasteiger charge is -2.35. The van der Waals surface area contributed by atoms with Gasteiger partial charge in [-0.15, -0.1) is 0 Å². The lowest BCUT2D eigenvalue weighted by molar-refractivity contribution is -0.182. The Kier molecular flexibility index (Phi) is 21.4. The molecule has 0 rings (SSSR count). The van der Waals surface area contributed by atoms with Gasteiger partial charge in [0.1, 0.15) is 0 Å². The molecule has 47 heavy (non-hydrogen) atoms. The van der Waals surface area contributed by atoms with Crippen LogP contribution in [0.3, 0.4) is 0 Å². The van der Waals surface area contributed by atoms with Crippen LogP contribution in [0.1, 0.15) is 157 Å². The summed E-state index contributed by atoms with van der Waals surface area (Å²) in [5.41, 5.74) is -7.96. The quantitative estimate of drug-likeness (QED) is 0.0613. The van der Waals surface area contributed by atoms with Crippen molar-refractivity contribution in [3.63, 3.8) is 0 Å². The first-order chi connectivity index (χ1) is 22.0. The minimum Gasteiger partial charge on any atom is -0.389 e. The van der Waals surface area contributed by atoms with Crippen LogP contribution in [0.5, 0.6) is 0 Å². The SMILES string of the molecule is CCCCC(O)C(O)(CCCC)C(=O)OP(=O)(OC(=O)C(O)(CCCC)C(O)CCCC)OC(=O)C(O)(CCCC)C(O)CCCC. The van der Waals surface area contributed by atoms with Gasteiger partial charge >= 0.3 is 25.7 Å². The summed E-state index contributed by atoms with van der Waals surface area (Å²) in [6.45, 7) is 10.8. The molecule has 0 heterocycles. The van der Waals surface area contributed by atoms with Crippen molar-refractivity contribution in [3.05, 3.63) is 0 Å². The van der Waals surface area contributed by atoms with Gasteiger partial charge in [0.25, 0.3) is 0 Å². The highest BCUT2D eigenvalue weighted by Crippen LogP contribution is 2.53. The third-order valence-electron chi connectivity index (χ3n) is 8.53. The van der Waals surface area contributed by atoms with E-state index in [1.807, 2.05) is 20.8 Å². The highest BCUT2D eigenvalue weighted by atomic mass is 31.2. The third-order valence-corrected chi connectivity index (χ3v) is 9.69. The minimum absolute atomic E-state index is 0.0452. The first-order valence-corrected chi connectivity index (χ1v) is 19.0. The van der Waals surface area contributed by atoms with Gasteiger partial charge in [0, 0.05) is 0 Å². The molecule has 14 heteroatoms. The van der Waals surface area contributed by atoms with Crippen LogP contribution in [0, 0.1) is 0 Å². The summed E-state index contributed by atoms with van der Waals surface area (Å²) in [4.78, 5) is 40.6. The lowest BCUT2D eigenvalue weighted by Crippen LogP contribution is -2.53. The molecule has 0 amide bonds. The molecular weight excluding hydrogens is 635 g/mol. The highest BCUT2D eigenvalue weighted by molar-refractivity contribution is 7.50. The van der Waals surface area contributed by atoms with E-state index in [0.29, 0.717) is 57.8 Å². The van der Waals surface area contributed by atoms with E-state index >= 15 is 0 Å². The Bertz CT molecular complexity index is 859. The maximum absolute atomic E-state index is 14.2. The number of carbonyl (C=O) groups is 3. The van der Waals surface area contributed by atoms with Crippen LogP contribution in [-0.2, 0) is 32.5 Å². The average molecular weight is 699 g/mol. The van der Waals surface area contributed by atoms with Crippen LogP contribution in [0.2, 0.25) is 0 Å². The smallest absolute Gasteiger partial charge is 0.389 e. The van der Waals surface area contributed by atoms with Crippen LogP contribution in [0.15, 0.2) is 0 Å². The normalized spacial score (nSPS) is 18.8. The molecule has 0 aromatic heterocycles. The van der Waals surface area contributed by atoms with Gasteiger partial charge in [0.2, 0.25) is 0 Å². The molecule has 6 N–H and O–H groups in total. The lowest BCUT2D eigenvalue weighted by atomic mass is 9.88. The number of unbranched alkanes of at least 4 members (excludes halogenated alkanes) is 6. The zero-order valence-corrected chi connectivity index (χ0v) is 30.3. The second kappa shape index (κ2) is 22.2. The number of phosphoric ester groups is 1. The van der Waals surface area contributed by atoms with Crippen molar-refractivity contribution in [1.82, 2.24) is 0 Å². The van der Waals surface area contributed by atoms with Gasteiger partial charge in [-0.25, -0.2) is 14.4 Å². The van der Waals surface area contributed by atoms with E-state index in [4.69, 9.17) is 13.6 Å². The Morgan fingerprint density at radius 3 is 0.894 bits per heavy atom. The minimum atomic E-state index is -5.83. The van der Waals surface area contributed by atoms with Crippen molar-refractivity contribution in [1.29, 1.82) is 0 Å². The van der Waals surface area contributed by atoms with E-state index in [1.165, 1.54) is 0 Å². The molecule has 13 nitrogen and oxygen atoms in total. The van der Waals surface area contributed by atoms with Gasteiger partial charge in [-0.2, -0.15) is 4.57 Å². The van der Waals surface area contributed by atoms with Crippen LogP contribution in [0.4, 0.5) is 0 Å². The van der Waals surface area contributed by atoms with Crippen LogP contribution in [0.25, 0.3) is 0 Å². The van der Waals surface area contributed by atoms with E-state index in [1.54, 1.807) is 20.8 Å². The number of hydrogen-bond donors (Lipinski definition) is 6. The molecule has 0 spiro atoms. The number of phosphoric acid groups is 1. The fourth-order valence-corrected chi connectivity index (χ4v) is 6.25. The Labute approximate surface area is 281 Å². The van der Waals surface area contributed by atoms with Gasteiger partial charge in [-0.3, -0.25) is 0 Å². The topological polar surface area (TPSA) is 217 Å². The zero-order chi connectivity index (χ0) is 36.3. The van der Waals surface area contributed by atoms with Gasteiger partial charge in [0.15, 0.2) is 16.8 Å². The number of carbonyl (C=O) groups excluding carboxylic acids is 3. The number of hydrogen-bond acceptors (Lipinski definition) is 13. The summed E-state index contributed by atoms with van der Waals surface area (Å²) < 4.78 is 29.2. The fraction of sp³-hybridized carbons (Fsp3) is 0.909. The standard InChI is InChI=1S/C33H63O13P/c1-7-13-19-25(34)31(40,22-16-10-4)28(37)44-47(43,45-29(38)32(41,23-17-11-5)26(35)20-14-8-2)46-30(39)33(42,24-18-12-6)27(36)21-15-9-3/h25-27,34-36,40-42H,7-24H2,1-6H3. The molecule has 0 saturated heterocycles. The Balaban J connectivity index is 6.97. The molecule has 6 unspecified atom stereocenters. The van der Waals surface area contributed by atoms with Crippen molar-refractivity contribution in [3.8, 4) is 0 Å².